The minimum absolute atomic E-state index is 0. The van der Waals surface area contributed by atoms with Gasteiger partial charge in [0.05, 0.1) is 19.5 Å². The van der Waals surface area contributed by atoms with E-state index in [-0.39, 0.29) is 16.8 Å². The van der Waals surface area contributed by atoms with Gasteiger partial charge in [-0.2, -0.15) is 0 Å². The Labute approximate surface area is 288 Å². The molecule has 0 fully saturated rings. The Balaban J connectivity index is 0.000000178. The van der Waals surface area contributed by atoms with Gasteiger partial charge in [-0.05, 0) is 72.6 Å². The lowest BCUT2D eigenvalue weighted by molar-refractivity contribution is 0.669. The molecular weight excluding hydrogens is 658 g/mol. The van der Waals surface area contributed by atoms with E-state index in [2.05, 4.69) is 113 Å². The van der Waals surface area contributed by atoms with Crippen LogP contribution in [-0.4, -0.2) is 34.9 Å². The van der Waals surface area contributed by atoms with E-state index in [1.54, 1.807) is 0 Å². The SMILES string of the molecule is Cc1ccc(-c2ccc(Br)c3c2oc2ccccc23)nc1.Cc1ccc(-c2ccc([Si](C)(C)C)c3c2oc2ccccc23)nc1.[B-].[B]. The smallest absolute Gasteiger partial charge is 0.145 e. The van der Waals surface area contributed by atoms with E-state index in [1.807, 2.05) is 55.7 Å². The molecule has 8 heteroatoms. The van der Waals surface area contributed by atoms with Crippen molar-refractivity contribution in [3.05, 3.63) is 125 Å². The first-order chi connectivity index (χ1) is 21.7. The highest BCUT2D eigenvalue weighted by molar-refractivity contribution is 9.10. The van der Waals surface area contributed by atoms with Crippen molar-refractivity contribution >= 4 is 89.9 Å². The van der Waals surface area contributed by atoms with Crippen LogP contribution in [0.1, 0.15) is 11.1 Å². The molecule has 0 bridgehead atoms. The summed E-state index contributed by atoms with van der Waals surface area (Å²) in [4.78, 5) is 9.14. The van der Waals surface area contributed by atoms with Crippen molar-refractivity contribution in [1.82, 2.24) is 9.97 Å². The van der Waals surface area contributed by atoms with Gasteiger partial charge in [0.1, 0.15) is 22.3 Å². The molecule has 7 radical (unpaired) electrons. The molecule has 4 aromatic carbocycles. The molecule has 0 spiro atoms. The number of halogens is 1. The van der Waals surface area contributed by atoms with E-state index in [1.165, 1.54) is 21.5 Å². The number of furan rings is 2. The largest absolute Gasteiger partial charge is 1.00 e. The van der Waals surface area contributed by atoms with Gasteiger partial charge in [0, 0.05) is 58.0 Å². The van der Waals surface area contributed by atoms with Crippen molar-refractivity contribution in [3.8, 4) is 22.5 Å². The number of hydrogen-bond acceptors (Lipinski definition) is 4. The highest BCUT2D eigenvalue weighted by atomic mass is 79.9. The molecule has 229 valence electrons. The third kappa shape index (κ3) is 6.32. The number of para-hydroxylation sites is 2. The number of aryl methyl sites for hydroxylation is 2. The summed E-state index contributed by atoms with van der Waals surface area (Å²) >= 11 is 3.64. The zero-order chi connectivity index (χ0) is 31.3. The molecule has 8 rings (SSSR count). The molecule has 8 aromatic rings. The summed E-state index contributed by atoms with van der Waals surface area (Å²) in [6.45, 7) is 11.2. The highest BCUT2D eigenvalue weighted by Crippen LogP contribution is 2.39. The molecule has 0 amide bonds. The Morgan fingerprint density at radius 1 is 0.574 bits per heavy atom. The van der Waals surface area contributed by atoms with Gasteiger partial charge in [-0.1, -0.05) is 90.2 Å². The second kappa shape index (κ2) is 13.4. The highest BCUT2D eigenvalue weighted by Gasteiger charge is 2.24. The average Bonchev–Trinajstić information content (AvgIpc) is 3.62. The number of aromatic nitrogens is 2. The normalized spacial score (nSPS) is 11.3. The van der Waals surface area contributed by atoms with Crippen molar-refractivity contribution in [3.63, 3.8) is 0 Å². The van der Waals surface area contributed by atoms with Crippen molar-refractivity contribution in [2.45, 2.75) is 33.5 Å². The second-order valence-electron chi connectivity index (χ2n) is 12.6. The number of benzene rings is 4. The maximum absolute atomic E-state index is 6.29. The van der Waals surface area contributed by atoms with E-state index in [9.17, 15) is 0 Å². The van der Waals surface area contributed by atoms with Crippen LogP contribution < -0.4 is 5.19 Å². The molecule has 4 heterocycles. The van der Waals surface area contributed by atoms with Crippen LogP contribution in [0.5, 0.6) is 0 Å². The van der Waals surface area contributed by atoms with Gasteiger partial charge < -0.3 is 17.2 Å². The Morgan fingerprint density at radius 3 is 1.53 bits per heavy atom. The van der Waals surface area contributed by atoms with E-state index < -0.39 is 8.07 Å². The van der Waals surface area contributed by atoms with Crippen molar-refractivity contribution in [1.29, 1.82) is 0 Å². The summed E-state index contributed by atoms with van der Waals surface area (Å²) in [5.74, 6) is 0. The first-order valence-corrected chi connectivity index (χ1v) is 19.4. The van der Waals surface area contributed by atoms with Gasteiger partial charge in [0.2, 0.25) is 0 Å². The summed E-state index contributed by atoms with van der Waals surface area (Å²) in [5.41, 5.74) is 9.99. The predicted octanol–water partition coefficient (Wildman–Crippen LogP) is 10.5. The number of rotatable bonds is 3. The fourth-order valence-electron chi connectivity index (χ4n) is 5.90. The standard InChI is InChI=1S/C21H21NOSi.C18H12BrNO.2B/c1-14-9-11-17(22-13-14)15-10-12-19(24(2,3)4)20-16-7-5-6-8-18(16)23-21(15)20;1-11-6-9-15(20-10-11)12-7-8-14(19)17-13-4-2-3-5-16(13)21-18(12)17;;/h5-13H,1-4H3;2-10H,1H3;;/q;;;-1. The Morgan fingerprint density at radius 2 is 1.04 bits per heavy atom. The molecule has 0 aliphatic rings. The van der Waals surface area contributed by atoms with Crippen LogP contribution in [0.2, 0.25) is 19.6 Å². The second-order valence-corrected chi connectivity index (χ2v) is 18.4. The molecule has 0 unspecified atom stereocenters. The zero-order valence-corrected chi connectivity index (χ0v) is 29.7. The molecule has 0 N–H and O–H groups in total. The number of fused-ring (bicyclic) bond motifs is 6. The minimum Gasteiger partial charge on any atom is -1.00 e. The van der Waals surface area contributed by atoms with Crippen LogP contribution in [-0.2, 0) is 0 Å². The fourth-order valence-corrected chi connectivity index (χ4v) is 8.01. The van der Waals surface area contributed by atoms with Gasteiger partial charge in [0.15, 0.2) is 0 Å². The van der Waals surface area contributed by atoms with E-state index >= 15 is 0 Å². The summed E-state index contributed by atoms with van der Waals surface area (Å²) in [7, 11) is -1.49. The Kier molecular flexibility index (Phi) is 9.67. The molecule has 0 aliphatic carbocycles. The van der Waals surface area contributed by atoms with Gasteiger partial charge in [0.25, 0.3) is 0 Å². The molecule has 0 saturated carbocycles. The van der Waals surface area contributed by atoms with Gasteiger partial charge in [-0.15, -0.1) is 0 Å². The molecule has 47 heavy (non-hydrogen) atoms. The van der Waals surface area contributed by atoms with Gasteiger partial charge in [-0.25, -0.2) is 0 Å². The molecule has 0 saturated heterocycles. The van der Waals surface area contributed by atoms with Crippen molar-refractivity contribution in [2.75, 3.05) is 0 Å². The average molecular weight is 691 g/mol. The molecule has 4 nitrogen and oxygen atoms in total. The number of nitrogens with zero attached hydrogens (tertiary/aromatic N) is 2. The Bertz CT molecular complexity index is 2340. The minimum atomic E-state index is -1.49. The zero-order valence-electron chi connectivity index (χ0n) is 27.1. The van der Waals surface area contributed by atoms with E-state index in [0.29, 0.717) is 0 Å². The third-order valence-electron chi connectivity index (χ3n) is 8.18. The molecule has 4 aromatic heterocycles. The lowest BCUT2D eigenvalue weighted by Crippen LogP contribution is -2.37. The summed E-state index contributed by atoms with van der Waals surface area (Å²) in [6, 6.07) is 33.3. The van der Waals surface area contributed by atoms with Gasteiger partial charge >= 0.3 is 0 Å². The monoisotopic (exact) mass is 690 g/mol. The summed E-state index contributed by atoms with van der Waals surface area (Å²) < 4.78 is 13.4. The van der Waals surface area contributed by atoms with Crippen molar-refractivity contribution < 1.29 is 8.83 Å². The lowest BCUT2D eigenvalue weighted by atomic mass is 10.1. The van der Waals surface area contributed by atoms with Crippen molar-refractivity contribution in [2.24, 2.45) is 0 Å². The van der Waals surface area contributed by atoms with Crippen LogP contribution in [0.4, 0.5) is 0 Å². The summed E-state index contributed by atoms with van der Waals surface area (Å²) in [6.07, 6.45) is 3.79. The third-order valence-corrected chi connectivity index (χ3v) is 10.9. The van der Waals surface area contributed by atoms with Crippen LogP contribution in [0.3, 0.4) is 0 Å². The first kappa shape index (κ1) is 34.0. The summed E-state index contributed by atoms with van der Waals surface area (Å²) in [5, 5.41) is 6.14. The fraction of sp³-hybridized carbons (Fsp3) is 0.128. The van der Waals surface area contributed by atoms with E-state index in [4.69, 9.17) is 8.83 Å². The maximum Gasteiger partial charge on any atom is 0.145 e. The topological polar surface area (TPSA) is 52.1 Å². The van der Waals surface area contributed by atoms with Crippen LogP contribution in [0, 0.1) is 13.8 Å². The van der Waals surface area contributed by atoms with E-state index in [0.717, 1.165) is 65.7 Å². The first-order valence-electron chi connectivity index (χ1n) is 15.1. The molecule has 0 aliphatic heterocycles. The van der Waals surface area contributed by atoms with Crippen LogP contribution in [0.25, 0.3) is 66.4 Å². The van der Waals surface area contributed by atoms with Crippen LogP contribution in [0.15, 0.2) is 123 Å². The number of pyridine rings is 2. The Hall–Kier alpha value is -4.39. The van der Waals surface area contributed by atoms with Crippen LogP contribution >= 0.6 is 15.9 Å². The molecule has 0 atom stereocenters. The predicted molar refractivity (Wildman–Crippen MR) is 206 cm³/mol. The lowest BCUT2D eigenvalue weighted by Gasteiger charge is -2.18. The molecular formula is C39H33B2BrN2O2Si-. The van der Waals surface area contributed by atoms with Gasteiger partial charge in [-0.3, -0.25) is 9.97 Å². The maximum atomic E-state index is 6.29. The number of hydrogen-bond donors (Lipinski definition) is 0. The quantitative estimate of drug-likeness (QED) is 0.173.